The molecule has 5 rings (SSSR count). The third kappa shape index (κ3) is 4.94. The second-order valence-electron chi connectivity index (χ2n) is 10.2. The summed E-state index contributed by atoms with van der Waals surface area (Å²) in [6.07, 6.45) is 4.93. The van der Waals surface area contributed by atoms with E-state index in [0.717, 1.165) is 75.4 Å². The van der Waals surface area contributed by atoms with Crippen molar-refractivity contribution in [1.82, 2.24) is 9.88 Å². The Bertz CT molecular complexity index is 1030. The number of likely N-dealkylation sites (tertiary alicyclic amines) is 1. The zero-order valence-corrected chi connectivity index (χ0v) is 19.8. The molecule has 1 aromatic heterocycles. The fourth-order valence-corrected chi connectivity index (χ4v) is 5.80. The predicted molar refractivity (Wildman–Crippen MR) is 131 cm³/mol. The van der Waals surface area contributed by atoms with Crippen molar-refractivity contribution in [3.05, 3.63) is 59.3 Å². The maximum Gasteiger partial charge on any atom is 0.129 e. The normalized spacial score (nSPS) is 29.5. The van der Waals surface area contributed by atoms with Crippen LogP contribution in [0.3, 0.4) is 0 Å². The molecule has 1 saturated carbocycles. The SMILES string of the molecule is CO[C@H]1CCN(c2ccc(C#CC3(O)CCC4CC3CN(C)C4)c(Cc3ccccc3)n2)C1. The van der Waals surface area contributed by atoms with E-state index in [9.17, 15) is 5.11 Å². The van der Waals surface area contributed by atoms with Crippen LogP contribution in [0.25, 0.3) is 0 Å². The van der Waals surface area contributed by atoms with Gasteiger partial charge in [0.05, 0.1) is 11.8 Å². The van der Waals surface area contributed by atoms with E-state index in [4.69, 9.17) is 9.72 Å². The molecular weight excluding hydrogens is 410 g/mol. The van der Waals surface area contributed by atoms with Crippen LogP contribution in [0, 0.1) is 23.7 Å². The van der Waals surface area contributed by atoms with Gasteiger partial charge in [-0.3, -0.25) is 0 Å². The van der Waals surface area contributed by atoms with Crippen LogP contribution >= 0.6 is 0 Å². The first-order valence-electron chi connectivity index (χ1n) is 12.3. The van der Waals surface area contributed by atoms with E-state index in [1.807, 2.05) is 6.07 Å². The molecule has 5 heteroatoms. The molecule has 33 heavy (non-hydrogen) atoms. The molecule has 1 aliphatic carbocycles. The van der Waals surface area contributed by atoms with Gasteiger partial charge in [0, 0.05) is 51.2 Å². The van der Waals surface area contributed by atoms with Crippen molar-refractivity contribution in [3.63, 3.8) is 0 Å². The maximum atomic E-state index is 11.5. The number of methoxy groups -OCH3 is 1. The molecule has 3 heterocycles. The van der Waals surface area contributed by atoms with Crippen LogP contribution in [0.5, 0.6) is 0 Å². The average Bonchev–Trinajstić information content (AvgIpc) is 3.31. The lowest BCUT2D eigenvalue weighted by Crippen LogP contribution is -2.52. The number of aliphatic hydroxyl groups is 1. The number of ether oxygens (including phenoxy) is 1. The fourth-order valence-electron chi connectivity index (χ4n) is 5.80. The molecule has 2 aliphatic heterocycles. The zero-order chi connectivity index (χ0) is 22.8. The largest absolute Gasteiger partial charge is 0.380 e. The molecule has 3 fully saturated rings. The Labute approximate surface area is 197 Å². The summed E-state index contributed by atoms with van der Waals surface area (Å²) < 4.78 is 5.55. The van der Waals surface area contributed by atoms with E-state index in [1.165, 1.54) is 5.56 Å². The number of hydrogen-bond donors (Lipinski definition) is 1. The average molecular weight is 446 g/mol. The Morgan fingerprint density at radius 1 is 1.12 bits per heavy atom. The van der Waals surface area contributed by atoms with E-state index in [2.05, 4.69) is 65.1 Å². The zero-order valence-electron chi connectivity index (χ0n) is 19.8. The second-order valence-corrected chi connectivity index (χ2v) is 10.2. The molecule has 0 amide bonds. The van der Waals surface area contributed by atoms with Gasteiger partial charge in [-0.15, -0.1) is 0 Å². The first-order chi connectivity index (χ1) is 16.0. The fraction of sp³-hybridized carbons (Fsp3) is 0.536. The molecule has 0 radical (unpaired) electrons. The number of pyridine rings is 1. The summed E-state index contributed by atoms with van der Waals surface area (Å²) >= 11 is 0. The summed E-state index contributed by atoms with van der Waals surface area (Å²) in [5.41, 5.74) is 2.21. The van der Waals surface area contributed by atoms with Gasteiger partial charge in [-0.05, 0) is 56.3 Å². The first-order valence-corrected chi connectivity index (χ1v) is 12.3. The van der Waals surface area contributed by atoms with Crippen molar-refractivity contribution in [1.29, 1.82) is 0 Å². The lowest BCUT2D eigenvalue weighted by Gasteiger charge is -2.46. The number of benzene rings is 1. The lowest BCUT2D eigenvalue weighted by atomic mass is 9.68. The molecule has 3 aliphatic rings. The van der Waals surface area contributed by atoms with Crippen LogP contribution in [0.15, 0.2) is 42.5 Å². The molecule has 1 aromatic carbocycles. The number of rotatable bonds is 4. The summed E-state index contributed by atoms with van der Waals surface area (Å²) in [5.74, 6) is 8.61. The van der Waals surface area contributed by atoms with Crippen LogP contribution in [0.4, 0.5) is 5.82 Å². The van der Waals surface area contributed by atoms with Gasteiger partial charge in [-0.25, -0.2) is 4.98 Å². The van der Waals surface area contributed by atoms with Gasteiger partial charge >= 0.3 is 0 Å². The van der Waals surface area contributed by atoms with Crippen LogP contribution in [-0.4, -0.2) is 67.0 Å². The number of hydrogen-bond acceptors (Lipinski definition) is 5. The number of aromatic nitrogens is 1. The molecule has 2 saturated heterocycles. The van der Waals surface area contributed by atoms with E-state index >= 15 is 0 Å². The topological polar surface area (TPSA) is 48.8 Å². The molecule has 2 aromatic rings. The molecular formula is C28H35N3O2. The molecule has 174 valence electrons. The van der Waals surface area contributed by atoms with Crippen LogP contribution in [-0.2, 0) is 11.2 Å². The minimum absolute atomic E-state index is 0.225. The molecule has 2 bridgehead atoms. The number of piperidine rings is 1. The second kappa shape index (κ2) is 9.46. The van der Waals surface area contributed by atoms with Crippen LogP contribution in [0.1, 0.15) is 42.5 Å². The lowest BCUT2D eigenvalue weighted by molar-refractivity contribution is -0.0527. The van der Waals surface area contributed by atoms with E-state index in [-0.39, 0.29) is 12.0 Å². The highest BCUT2D eigenvalue weighted by molar-refractivity contribution is 5.50. The van der Waals surface area contributed by atoms with Gasteiger partial charge in [0.25, 0.3) is 0 Å². The smallest absolute Gasteiger partial charge is 0.129 e. The van der Waals surface area contributed by atoms with Gasteiger partial charge in [0.1, 0.15) is 11.4 Å². The first kappa shape index (κ1) is 22.4. The predicted octanol–water partition coefficient (Wildman–Crippen LogP) is 3.34. The highest BCUT2D eigenvalue weighted by atomic mass is 16.5. The highest BCUT2D eigenvalue weighted by Gasteiger charge is 2.44. The summed E-state index contributed by atoms with van der Waals surface area (Å²) in [6, 6.07) is 14.6. The Hall–Kier alpha value is -2.39. The van der Waals surface area contributed by atoms with Crippen LogP contribution in [0.2, 0.25) is 0 Å². The van der Waals surface area contributed by atoms with Crippen molar-refractivity contribution in [3.8, 4) is 11.8 Å². The Morgan fingerprint density at radius 2 is 1.97 bits per heavy atom. The Balaban J connectivity index is 1.44. The molecule has 5 nitrogen and oxygen atoms in total. The van der Waals surface area contributed by atoms with Crippen molar-refractivity contribution in [2.45, 2.75) is 43.8 Å². The van der Waals surface area contributed by atoms with Gasteiger partial charge in [0.15, 0.2) is 0 Å². The minimum Gasteiger partial charge on any atom is -0.380 e. The maximum absolute atomic E-state index is 11.5. The minimum atomic E-state index is -0.908. The standard InChI is InChI=1S/C28H35N3O2/c1-30-18-22-10-13-28(32,24(16-22)19-30)14-11-23-8-9-27(31-15-12-25(20-31)33-2)29-26(23)17-21-6-4-3-5-7-21/h3-9,22,24-25,32H,10,12-13,15-20H2,1-2H3/t22?,24?,25-,28?/m0/s1. The van der Waals surface area contributed by atoms with Gasteiger partial charge < -0.3 is 19.6 Å². The number of nitrogens with zero attached hydrogens (tertiary/aromatic N) is 3. The van der Waals surface area contributed by atoms with E-state index < -0.39 is 5.60 Å². The number of anilines is 1. The van der Waals surface area contributed by atoms with Crippen molar-refractivity contribution in [2.24, 2.45) is 11.8 Å². The number of fused-ring (bicyclic) bond motifs is 2. The summed E-state index contributed by atoms with van der Waals surface area (Å²) in [4.78, 5) is 9.71. The summed E-state index contributed by atoms with van der Waals surface area (Å²) in [5, 5.41) is 11.5. The van der Waals surface area contributed by atoms with Gasteiger partial charge in [0.2, 0.25) is 0 Å². The van der Waals surface area contributed by atoms with E-state index in [1.54, 1.807) is 7.11 Å². The Kier molecular flexibility index (Phi) is 6.42. The summed E-state index contributed by atoms with van der Waals surface area (Å²) in [6.45, 7) is 3.89. The van der Waals surface area contributed by atoms with Crippen molar-refractivity contribution in [2.75, 3.05) is 45.2 Å². The van der Waals surface area contributed by atoms with E-state index in [0.29, 0.717) is 5.92 Å². The third-order valence-electron chi connectivity index (χ3n) is 7.72. The van der Waals surface area contributed by atoms with Crippen LogP contribution < -0.4 is 4.90 Å². The molecule has 4 atom stereocenters. The van der Waals surface area contributed by atoms with Crippen molar-refractivity contribution >= 4 is 5.82 Å². The monoisotopic (exact) mass is 445 g/mol. The quantitative estimate of drug-likeness (QED) is 0.732. The molecule has 0 spiro atoms. The van der Waals surface area contributed by atoms with Gasteiger partial charge in [-0.1, -0.05) is 42.2 Å². The Morgan fingerprint density at radius 3 is 2.76 bits per heavy atom. The van der Waals surface area contributed by atoms with Gasteiger partial charge in [-0.2, -0.15) is 0 Å². The highest BCUT2D eigenvalue weighted by Crippen LogP contribution is 2.40. The summed E-state index contributed by atoms with van der Waals surface area (Å²) in [7, 11) is 3.94. The third-order valence-corrected chi connectivity index (χ3v) is 7.72. The van der Waals surface area contributed by atoms with Crippen molar-refractivity contribution < 1.29 is 9.84 Å². The molecule has 3 unspecified atom stereocenters. The molecule has 1 N–H and O–H groups in total.